The molecule has 0 unspecified atom stereocenters. The van der Waals surface area contributed by atoms with Crippen LogP contribution in [0.4, 0.5) is 0 Å². The number of nitrogens with zero attached hydrogens (tertiary/aromatic N) is 2. The van der Waals surface area contributed by atoms with Gasteiger partial charge in [-0.15, -0.1) is 0 Å². The van der Waals surface area contributed by atoms with Gasteiger partial charge in [-0.25, -0.2) is 4.52 Å². The van der Waals surface area contributed by atoms with Crippen LogP contribution in [0.3, 0.4) is 0 Å². The van der Waals surface area contributed by atoms with Crippen LogP contribution in [0, 0.1) is 0 Å². The molecule has 1 N–H and O–H groups in total. The summed E-state index contributed by atoms with van der Waals surface area (Å²) in [4.78, 5) is 14.3. The van der Waals surface area contributed by atoms with E-state index in [1.807, 2.05) is 18.2 Å². The van der Waals surface area contributed by atoms with E-state index >= 15 is 0 Å². The first-order valence-corrected chi connectivity index (χ1v) is 6.32. The van der Waals surface area contributed by atoms with Gasteiger partial charge in [0.15, 0.2) is 0 Å². The molecule has 0 saturated heterocycles. The summed E-state index contributed by atoms with van der Waals surface area (Å²) >= 11 is 0. The van der Waals surface area contributed by atoms with Crippen molar-refractivity contribution in [3.05, 3.63) is 58.6 Å². The highest BCUT2D eigenvalue weighted by molar-refractivity contribution is 5.65. The number of nitrogens with one attached hydrogen (secondary N) is 1. The summed E-state index contributed by atoms with van der Waals surface area (Å²) in [5.74, 6) is 0.512. The zero-order valence-electron chi connectivity index (χ0n) is 10.9. The van der Waals surface area contributed by atoms with Gasteiger partial charge in [0, 0.05) is 18.0 Å². The van der Waals surface area contributed by atoms with E-state index in [1.54, 1.807) is 16.9 Å². The van der Waals surface area contributed by atoms with Gasteiger partial charge in [-0.2, -0.15) is 5.10 Å². The standard InChI is InChI=1S/C15H15N3O/c1-10(2)11-3-5-12(6-4-11)13-9-14-15(19)16-7-8-18(14)17-13/h3-10H,1-2H3,(H,16,19). The fraction of sp³-hybridized carbons (Fsp3) is 0.200. The third-order valence-corrected chi connectivity index (χ3v) is 3.27. The molecule has 0 fully saturated rings. The van der Waals surface area contributed by atoms with Crippen LogP contribution in [-0.4, -0.2) is 14.6 Å². The van der Waals surface area contributed by atoms with Crippen LogP contribution < -0.4 is 5.56 Å². The van der Waals surface area contributed by atoms with Crippen molar-refractivity contribution in [1.29, 1.82) is 0 Å². The Morgan fingerprint density at radius 2 is 1.95 bits per heavy atom. The van der Waals surface area contributed by atoms with Gasteiger partial charge in [-0.05, 0) is 17.5 Å². The van der Waals surface area contributed by atoms with Gasteiger partial charge in [-0.3, -0.25) is 4.79 Å². The van der Waals surface area contributed by atoms with E-state index in [-0.39, 0.29) is 5.56 Å². The van der Waals surface area contributed by atoms with E-state index in [4.69, 9.17) is 0 Å². The van der Waals surface area contributed by atoms with Gasteiger partial charge >= 0.3 is 0 Å². The molecule has 96 valence electrons. The molecule has 0 amide bonds. The van der Waals surface area contributed by atoms with Crippen molar-refractivity contribution in [3.8, 4) is 11.3 Å². The third kappa shape index (κ3) is 2.05. The minimum Gasteiger partial charge on any atom is -0.326 e. The maximum absolute atomic E-state index is 11.7. The predicted octanol–water partition coefficient (Wildman–Crippen LogP) is 2.81. The molecule has 0 aliphatic carbocycles. The molecule has 1 aromatic carbocycles. The average molecular weight is 253 g/mol. The molecular formula is C15H15N3O. The molecule has 4 heteroatoms. The van der Waals surface area contributed by atoms with Gasteiger partial charge in [-0.1, -0.05) is 38.1 Å². The molecule has 2 heterocycles. The summed E-state index contributed by atoms with van der Waals surface area (Å²) in [5, 5.41) is 4.41. The first-order chi connectivity index (χ1) is 9.15. The SMILES string of the molecule is CC(C)c1ccc(-c2cc3c(=O)[nH]ccn3n2)cc1. The summed E-state index contributed by atoms with van der Waals surface area (Å²) in [7, 11) is 0. The first-order valence-electron chi connectivity index (χ1n) is 6.32. The summed E-state index contributed by atoms with van der Waals surface area (Å²) in [6, 6.07) is 10.1. The highest BCUT2D eigenvalue weighted by atomic mass is 16.1. The van der Waals surface area contributed by atoms with Crippen LogP contribution in [-0.2, 0) is 0 Å². The topological polar surface area (TPSA) is 50.2 Å². The summed E-state index contributed by atoms with van der Waals surface area (Å²) in [6.45, 7) is 4.33. The zero-order chi connectivity index (χ0) is 13.4. The van der Waals surface area contributed by atoms with Crippen molar-refractivity contribution in [3.63, 3.8) is 0 Å². The fourth-order valence-electron chi connectivity index (χ4n) is 2.12. The summed E-state index contributed by atoms with van der Waals surface area (Å²) < 4.78 is 1.60. The maximum Gasteiger partial charge on any atom is 0.273 e. The molecule has 0 aliphatic heterocycles. The van der Waals surface area contributed by atoms with Crippen molar-refractivity contribution >= 4 is 5.52 Å². The number of fused-ring (bicyclic) bond motifs is 1. The zero-order valence-corrected chi connectivity index (χ0v) is 10.9. The molecule has 0 aliphatic rings. The second-order valence-corrected chi connectivity index (χ2v) is 4.93. The number of hydrogen-bond acceptors (Lipinski definition) is 2. The number of H-pyrrole nitrogens is 1. The minimum absolute atomic E-state index is 0.125. The lowest BCUT2D eigenvalue weighted by molar-refractivity contribution is 0.867. The van der Waals surface area contributed by atoms with Crippen molar-refractivity contribution in [2.75, 3.05) is 0 Å². The van der Waals surface area contributed by atoms with Crippen LogP contribution in [0.15, 0.2) is 47.5 Å². The fourth-order valence-corrected chi connectivity index (χ4v) is 2.12. The quantitative estimate of drug-likeness (QED) is 0.763. The van der Waals surface area contributed by atoms with Gasteiger partial charge in [0.1, 0.15) is 5.52 Å². The van der Waals surface area contributed by atoms with E-state index < -0.39 is 0 Å². The average Bonchev–Trinajstić information content (AvgIpc) is 2.84. The molecular weight excluding hydrogens is 238 g/mol. The Labute approximate surface area is 110 Å². The number of benzene rings is 1. The third-order valence-electron chi connectivity index (χ3n) is 3.27. The van der Waals surface area contributed by atoms with Crippen molar-refractivity contribution in [2.24, 2.45) is 0 Å². The van der Waals surface area contributed by atoms with E-state index in [2.05, 4.69) is 36.1 Å². The number of aromatic amines is 1. The maximum atomic E-state index is 11.7. The van der Waals surface area contributed by atoms with Gasteiger partial charge in [0.05, 0.1) is 5.69 Å². The lowest BCUT2D eigenvalue weighted by atomic mass is 10.0. The van der Waals surface area contributed by atoms with E-state index in [1.165, 1.54) is 5.56 Å². The Morgan fingerprint density at radius 3 is 2.58 bits per heavy atom. The molecule has 19 heavy (non-hydrogen) atoms. The highest BCUT2D eigenvalue weighted by Crippen LogP contribution is 2.21. The first kappa shape index (κ1) is 11.7. The largest absolute Gasteiger partial charge is 0.326 e. The molecule has 4 nitrogen and oxygen atoms in total. The van der Waals surface area contributed by atoms with Gasteiger partial charge in [0.2, 0.25) is 0 Å². The molecule has 2 aromatic heterocycles. The van der Waals surface area contributed by atoms with Crippen LogP contribution in [0.5, 0.6) is 0 Å². The van der Waals surface area contributed by atoms with Crippen molar-refractivity contribution < 1.29 is 0 Å². The summed E-state index contributed by atoms with van der Waals surface area (Å²) in [6.07, 6.45) is 3.33. The molecule has 0 saturated carbocycles. The molecule has 0 atom stereocenters. The van der Waals surface area contributed by atoms with E-state index in [9.17, 15) is 4.79 Å². The van der Waals surface area contributed by atoms with Gasteiger partial charge in [0.25, 0.3) is 5.56 Å². The minimum atomic E-state index is -0.125. The van der Waals surface area contributed by atoms with Crippen molar-refractivity contribution in [2.45, 2.75) is 19.8 Å². The van der Waals surface area contributed by atoms with Crippen LogP contribution in [0.1, 0.15) is 25.3 Å². The van der Waals surface area contributed by atoms with E-state index in [0.717, 1.165) is 11.3 Å². The second kappa shape index (κ2) is 4.39. The Morgan fingerprint density at radius 1 is 1.21 bits per heavy atom. The molecule has 0 spiro atoms. The molecule has 3 rings (SSSR count). The van der Waals surface area contributed by atoms with Crippen LogP contribution in [0.25, 0.3) is 16.8 Å². The van der Waals surface area contributed by atoms with Crippen LogP contribution >= 0.6 is 0 Å². The molecule has 3 aromatic rings. The van der Waals surface area contributed by atoms with Crippen molar-refractivity contribution in [1.82, 2.24) is 14.6 Å². The molecule has 0 radical (unpaired) electrons. The van der Waals surface area contributed by atoms with Crippen LogP contribution in [0.2, 0.25) is 0 Å². The number of rotatable bonds is 2. The monoisotopic (exact) mass is 253 g/mol. The lowest BCUT2D eigenvalue weighted by Crippen LogP contribution is -2.07. The predicted molar refractivity (Wildman–Crippen MR) is 75.3 cm³/mol. The Balaban J connectivity index is 2.09. The Hall–Kier alpha value is -2.36. The molecule has 0 bridgehead atoms. The van der Waals surface area contributed by atoms with E-state index in [0.29, 0.717) is 11.4 Å². The Kier molecular flexibility index (Phi) is 2.71. The smallest absolute Gasteiger partial charge is 0.273 e. The summed E-state index contributed by atoms with van der Waals surface area (Å²) in [5.41, 5.74) is 3.57. The lowest BCUT2D eigenvalue weighted by Gasteiger charge is -2.05. The Bertz CT molecular complexity index is 766. The number of aromatic nitrogens is 3. The van der Waals surface area contributed by atoms with Gasteiger partial charge < -0.3 is 4.98 Å². The normalized spacial score (nSPS) is 11.3. The number of hydrogen-bond donors (Lipinski definition) is 1. The highest BCUT2D eigenvalue weighted by Gasteiger charge is 2.07. The second-order valence-electron chi connectivity index (χ2n) is 4.93.